The van der Waals surface area contributed by atoms with Crippen LogP contribution in [-0.4, -0.2) is 5.33 Å². The zero-order valence-electron chi connectivity index (χ0n) is 12.2. The van der Waals surface area contributed by atoms with Gasteiger partial charge in [-0.1, -0.05) is 83.5 Å². The third-order valence-electron chi connectivity index (χ3n) is 3.84. The molecule has 0 fully saturated rings. The molecule has 0 aliphatic heterocycles. The number of benzene rings is 1. The largest absolute Gasteiger partial charge is 0.0925 e. The average molecular weight is 390 g/mol. The first-order valence-electron chi connectivity index (χ1n) is 7.49. The summed E-state index contributed by atoms with van der Waals surface area (Å²) in [6.07, 6.45) is 7.96. The van der Waals surface area contributed by atoms with Crippen LogP contribution in [-0.2, 0) is 6.42 Å². The maximum atomic E-state index is 3.71. The summed E-state index contributed by atoms with van der Waals surface area (Å²) in [5.74, 6) is 1.66. The molecule has 0 radical (unpaired) electrons. The van der Waals surface area contributed by atoms with E-state index in [-0.39, 0.29) is 0 Å². The Morgan fingerprint density at radius 2 is 1.95 bits per heavy atom. The van der Waals surface area contributed by atoms with Gasteiger partial charge in [0.25, 0.3) is 0 Å². The highest BCUT2D eigenvalue weighted by atomic mass is 79.9. The van der Waals surface area contributed by atoms with Crippen LogP contribution in [0, 0.1) is 11.8 Å². The molecule has 1 aromatic carbocycles. The summed E-state index contributed by atoms with van der Waals surface area (Å²) in [6.45, 7) is 4.63. The molecule has 1 rings (SSSR count). The van der Waals surface area contributed by atoms with E-state index in [1.54, 1.807) is 0 Å². The fraction of sp³-hybridized carbons (Fsp3) is 0.647. The van der Waals surface area contributed by atoms with E-state index in [1.807, 2.05) is 0 Å². The highest BCUT2D eigenvalue weighted by molar-refractivity contribution is 9.10. The fourth-order valence-corrected chi connectivity index (χ4v) is 3.59. The summed E-state index contributed by atoms with van der Waals surface area (Å²) >= 11 is 7.27. The Morgan fingerprint density at radius 1 is 1.16 bits per heavy atom. The third-order valence-corrected chi connectivity index (χ3v) is 5.25. The SMILES string of the molecule is CCCCC(CC)CC(CBr)Cc1cccc(Br)c1. The van der Waals surface area contributed by atoms with Gasteiger partial charge in [-0.05, 0) is 42.4 Å². The Hall–Kier alpha value is 0.180. The Labute approximate surface area is 135 Å². The van der Waals surface area contributed by atoms with E-state index in [4.69, 9.17) is 0 Å². The van der Waals surface area contributed by atoms with Crippen LogP contribution in [0.15, 0.2) is 28.7 Å². The van der Waals surface area contributed by atoms with Crippen LogP contribution in [0.5, 0.6) is 0 Å². The van der Waals surface area contributed by atoms with Crippen LogP contribution < -0.4 is 0 Å². The maximum absolute atomic E-state index is 3.71. The molecule has 0 saturated heterocycles. The molecule has 0 saturated carbocycles. The minimum atomic E-state index is 0.760. The lowest BCUT2D eigenvalue weighted by atomic mass is 9.86. The van der Waals surface area contributed by atoms with Gasteiger partial charge in [0.05, 0.1) is 0 Å². The second-order valence-corrected chi connectivity index (χ2v) is 7.07. The summed E-state index contributed by atoms with van der Waals surface area (Å²) in [5.41, 5.74) is 1.45. The van der Waals surface area contributed by atoms with Crippen molar-refractivity contribution in [3.05, 3.63) is 34.3 Å². The number of hydrogen-bond acceptors (Lipinski definition) is 0. The Kier molecular flexibility index (Phi) is 9.06. The summed E-state index contributed by atoms with van der Waals surface area (Å²) in [6, 6.07) is 8.73. The van der Waals surface area contributed by atoms with E-state index in [0.29, 0.717) is 0 Å². The second-order valence-electron chi connectivity index (χ2n) is 5.51. The summed E-state index contributed by atoms with van der Waals surface area (Å²) < 4.78 is 1.19. The minimum absolute atomic E-state index is 0.760. The minimum Gasteiger partial charge on any atom is -0.0925 e. The summed E-state index contributed by atoms with van der Waals surface area (Å²) in [5, 5.41) is 1.11. The first-order chi connectivity index (χ1) is 9.19. The van der Waals surface area contributed by atoms with Crippen LogP contribution in [0.2, 0.25) is 0 Å². The molecule has 0 bridgehead atoms. The van der Waals surface area contributed by atoms with E-state index in [2.05, 4.69) is 70.0 Å². The molecule has 0 spiro atoms. The Balaban J connectivity index is 2.52. The summed E-state index contributed by atoms with van der Waals surface area (Å²) in [4.78, 5) is 0. The number of hydrogen-bond donors (Lipinski definition) is 0. The fourth-order valence-electron chi connectivity index (χ4n) is 2.65. The number of rotatable bonds is 9. The van der Waals surface area contributed by atoms with Gasteiger partial charge in [-0.2, -0.15) is 0 Å². The van der Waals surface area contributed by atoms with Gasteiger partial charge in [0.2, 0.25) is 0 Å². The lowest BCUT2D eigenvalue weighted by molar-refractivity contribution is 0.355. The molecule has 108 valence electrons. The Bertz CT molecular complexity index is 349. The monoisotopic (exact) mass is 388 g/mol. The summed E-state index contributed by atoms with van der Waals surface area (Å²) in [7, 11) is 0. The van der Waals surface area contributed by atoms with Crippen molar-refractivity contribution in [3.8, 4) is 0 Å². The average Bonchev–Trinajstić information content (AvgIpc) is 2.42. The highest BCUT2D eigenvalue weighted by Crippen LogP contribution is 2.26. The molecule has 0 N–H and O–H groups in total. The number of unbranched alkanes of at least 4 members (excludes halogenated alkanes) is 1. The van der Waals surface area contributed by atoms with E-state index in [0.717, 1.165) is 17.2 Å². The molecule has 0 aliphatic carbocycles. The van der Waals surface area contributed by atoms with Crippen molar-refractivity contribution in [3.63, 3.8) is 0 Å². The molecule has 0 amide bonds. The third kappa shape index (κ3) is 6.94. The molecular weight excluding hydrogens is 364 g/mol. The molecule has 2 unspecified atom stereocenters. The van der Waals surface area contributed by atoms with Crippen LogP contribution in [0.25, 0.3) is 0 Å². The van der Waals surface area contributed by atoms with E-state index in [1.165, 1.54) is 48.6 Å². The van der Waals surface area contributed by atoms with Crippen LogP contribution >= 0.6 is 31.9 Å². The van der Waals surface area contributed by atoms with Gasteiger partial charge in [-0.25, -0.2) is 0 Å². The van der Waals surface area contributed by atoms with Crippen molar-refractivity contribution < 1.29 is 0 Å². The topological polar surface area (TPSA) is 0 Å². The molecule has 0 heterocycles. The normalized spacial score (nSPS) is 14.3. The van der Waals surface area contributed by atoms with Crippen molar-refractivity contribution in [1.29, 1.82) is 0 Å². The predicted molar refractivity (Wildman–Crippen MR) is 93.1 cm³/mol. The second kappa shape index (κ2) is 9.99. The van der Waals surface area contributed by atoms with Crippen molar-refractivity contribution in [2.45, 2.75) is 52.4 Å². The molecule has 0 aromatic heterocycles. The van der Waals surface area contributed by atoms with Gasteiger partial charge in [0, 0.05) is 9.80 Å². The van der Waals surface area contributed by atoms with Gasteiger partial charge < -0.3 is 0 Å². The molecule has 0 nitrogen and oxygen atoms in total. The van der Waals surface area contributed by atoms with Crippen molar-refractivity contribution in [2.24, 2.45) is 11.8 Å². The van der Waals surface area contributed by atoms with Crippen molar-refractivity contribution in [2.75, 3.05) is 5.33 Å². The smallest absolute Gasteiger partial charge is 0.0177 e. The van der Waals surface area contributed by atoms with Gasteiger partial charge in [-0.15, -0.1) is 0 Å². The van der Waals surface area contributed by atoms with Gasteiger partial charge in [-0.3, -0.25) is 0 Å². The molecule has 2 heteroatoms. The quantitative estimate of drug-likeness (QED) is 0.416. The first-order valence-corrected chi connectivity index (χ1v) is 9.41. The van der Waals surface area contributed by atoms with E-state index < -0.39 is 0 Å². The lowest BCUT2D eigenvalue weighted by Gasteiger charge is -2.21. The molecule has 0 aliphatic rings. The zero-order valence-corrected chi connectivity index (χ0v) is 15.3. The number of halogens is 2. The molecule has 2 atom stereocenters. The van der Waals surface area contributed by atoms with Gasteiger partial charge in [0.1, 0.15) is 0 Å². The standard InChI is InChI=1S/C17H26Br2/c1-3-5-7-14(4-2)10-16(13-18)11-15-8-6-9-17(19)12-15/h6,8-9,12,14,16H,3-5,7,10-11,13H2,1-2H3. The first kappa shape index (κ1) is 17.2. The molecule has 1 aromatic rings. The Morgan fingerprint density at radius 3 is 2.53 bits per heavy atom. The van der Waals surface area contributed by atoms with Crippen LogP contribution in [0.4, 0.5) is 0 Å². The van der Waals surface area contributed by atoms with Gasteiger partial charge >= 0.3 is 0 Å². The van der Waals surface area contributed by atoms with E-state index in [9.17, 15) is 0 Å². The van der Waals surface area contributed by atoms with Crippen molar-refractivity contribution in [1.82, 2.24) is 0 Å². The van der Waals surface area contributed by atoms with Gasteiger partial charge in [0.15, 0.2) is 0 Å². The highest BCUT2D eigenvalue weighted by Gasteiger charge is 2.15. The zero-order chi connectivity index (χ0) is 14.1. The molecule has 19 heavy (non-hydrogen) atoms. The van der Waals surface area contributed by atoms with Crippen LogP contribution in [0.3, 0.4) is 0 Å². The van der Waals surface area contributed by atoms with Crippen LogP contribution in [0.1, 0.15) is 51.5 Å². The van der Waals surface area contributed by atoms with Crippen molar-refractivity contribution >= 4 is 31.9 Å². The molecular formula is C17H26Br2. The predicted octanol–water partition coefficient (Wildman–Crippen LogP) is 6.61. The number of alkyl halides is 1. The maximum Gasteiger partial charge on any atom is 0.0177 e. The van der Waals surface area contributed by atoms with E-state index >= 15 is 0 Å². The lowest BCUT2D eigenvalue weighted by Crippen LogP contribution is -2.13.